The Labute approximate surface area is 124 Å². The monoisotopic (exact) mass is 295 g/mol. The minimum Gasteiger partial charge on any atom is -0.493 e. The minimum absolute atomic E-state index is 0.0911. The summed E-state index contributed by atoms with van der Waals surface area (Å²) in [5.41, 5.74) is 0.728. The SMILES string of the molecule is CCC[C@@H](NC(=O)Cc1ccc(OC)c(OC)c1)C(=O)O. The van der Waals surface area contributed by atoms with E-state index in [1.165, 1.54) is 14.2 Å². The molecule has 0 aliphatic rings. The van der Waals surface area contributed by atoms with Crippen molar-refractivity contribution in [2.75, 3.05) is 14.2 Å². The van der Waals surface area contributed by atoms with Crippen molar-refractivity contribution in [3.63, 3.8) is 0 Å². The summed E-state index contributed by atoms with van der Waals surface area (Å²) in [5.74, 6) is -0.234. The summed E-state index contributed by atoms with van der Waals surface area (Å²) in [6.45, 7) is 1.87. The maximum absolute atomic E-state index is 11.9. The van der Waals surface area contributed by atoms with Gasteiger partial charge >= 0.3 is 5.97 Å². The molecule has 2 N–H and O–H groups in total. The molecule has 0 aromatic heterocycles. The molecule has 0 radical (unpaired) electrons. The molecule has 0 fully saturated rings. The molecule has 116 valence electrons. The molecule has 0 heterocycles. The number of aliphatic carboxylic acids is 1. The van der Waals surface area contributed by atoms with Crippen molar-refractivity contribution in [3.8, 4) is 11.5 Å². The Morgan fingerprint density at radius 1 is 1.24 bits per heavy atom. The number of ether oxygens (including phenoxy) is 2. The summed E-state index contributed by atoms with van der Waals surface area (Å²) in [7, 11) is 3.05. The molecule has 0 aliphatic carbocycles. The molecule has 1 atom stereocenters. The second kappa shape index (κ2) is 8.14. The number of amides is 1. The average molecular weight is 295 g/mol. The third-order valence-electron chi connectivity index (χ3n) is 3.02. The Balaban J connectivity index is 2.72. The van der Waals surface area contributed by atoms with Crippen molar-refractivity contribution in [2.24, 2.45) is 0 Å². The van der Waals surface area contributed by atoms with E-state index in [9.17, 15) is 9.59 Å². The molecule has 0 unspecified atom stereocenters. The van der Waals surface area contributed by atoms with Gasteiger partial charge < -0.3 is 19.9 Å². The summed E-state index contributed by atoms with van der Waals surface area (Å²) in [4.78, 5) is 22.9. The third-order valence-corrected chi connectivity index (χ3v) is 3.02. The van der Waals surface area contributed by atoms with Gasteiger partial charge in [0.05, 0.1) is 20.6 Å². The van der Waals surface area contributed by atoms with E-state index in [0.717, 1.165) is 5.56 Å². The molecular formula is C15H21NO5. The van der Waals surface area contributed by atoms with Crippen LogP contribution in [-0.2, 0) is 16.0 Å². The van der Waals surface area contributed by atoms with Crippen molar-refractivity contribution < 1.29 is 24.2 Å². The molecule has 0 bridgehead atoms. The van der Waals surface area contributed by atoms with Gasteiger partial charge in [0.25, 0.3) is 0 Å². The predicted octanol–water partition coefficient (Wildman–Crippen LogP) is 1.62. The van der Waals surface area contributed by atoms with Crippen molar-refractivity contribution >= 4 is 11.9 Å². The molecule has 1 rings (SSSR count). The van der Waals surface area contributed by atoms with Gasteiger partial charge in [-0.05, 0) is 24.1 Å². The van der Waals surface area contributed by atoms with Crippen LogP contribution < -0.4 is 14.8 Å². The fourth-order valence-electron chi connectivity index (χ4n) is 1.97. The molecule has 6 heteroatoms. The zero-order valence-corrected chi connectivity index (χ0v) is 12.5. The highest BCUT2D eigenvalue weighted by molar-refractivity contribution is 5.84. The Morgan fingerprint density at radius 3 is 2.43 bits per heavy atom. The van der Waals surface area contributed by atoms with Gasteiger partial charge in [0, 0.05) is 0 Å². The van der Waals surface area contributed by atoms with Gasteiger partial charge in [0.15, 0.2) is 11.5 Å². The number of carboxylic acids is 1. The second-order valence-corrected chi connectivity index (χ2v) is 4.61. The molecule has 0 saturated heterocycles. The van der Waals surface area contributed by atoms with Gasteiger partial charge in [-0.25, -0.2) is 4.79 Å². The lowest BCUT2D eigenvalue weighted by molar-refractivity contribution is -0.141. The maximum Gasteiger partial charge on any atom is 0.326 e. The summed E-state index contributed by atoms with van der Waals surface area (Å²) >= 11 is 0. The highest BCUT2D eigenvalue weighted by Crippen LogP contribution is 2.27. The minimum atomic E-state index is -1.02. The average Bonchev–Trinajstić information content (AvgIpc) is 2.46. The van der Waals surface area contributed by atoms with Crippen LogP contribution in [0.5, 0.6) is 11.5 Å². The number of carbonyl (C=O) groups excluding carboxylic acids is 1. The van der Waals surface area contributed by atoms with E-state index >= 15 is 0 Å². The Morgan fingerprint density at radius 2 is 1.90 bits per heavy atom. The standard InChI is InChI=1S/C15H21NO5/c1-4-5-11(15(18)19)16-14(17)9-10-6-7-12(20-2)13(8-10)21-3/h6-8,11H,4-5,9H2,1-3H3,(H,16,17)(H,18,19)/t11-/m1/s1. The molecular weight excluding hydrogens is 274 g/mol. The highest BCUT2D eigenvalue weighted by Gasteiger charge is 2.19. The molecule has 1 aromatic rings. The van der Waals surface area contributed by atoms with Crippen LogP contribution in [0.25, 0.3) is 0 Å². The lowest BCUT2D eigenvalue weighted by Crippen LogP contribution is -2.41. The Hall–Kier alpha value is -2.24. The van der Waals surface area contributed by atoms with Crippen LogP contribution in [-0.4, -0.2) is 37.2 Å². The Bertz CT molecular complexity index is 501. The molecule has 0 saturated carbocycles. The van der Waals surface area contributed by atoms with Crippen LogP contribution in [0.4, 0.5) is 0 Å². The second-order valence-electron chi connectivity index (χ2n) is 4.61. The van der Waals surface area contributed by atoms with Crippen molar-refractivity contribution in [2.45, 2.75) is 32.2 Å². The van der Waals surface area contributed by atoms with Gasteiger partial charge in [-0.1, -0.05) is 19.4 Å². The Kier molecular flexibility index (Phi) is 6.52. The van der Waals surface area contributed by atoms with Crippen molar-refractivity contribution in [1.82, 2.24) is 5.32 Å². The molecule has 0 aliphatic heterocycles. The van der Waals surface area contributed by atoms with Gasteiger partial charge in [-0.3, -0.25) is 4.79 Å². The summed E-state index contributed by atoms with van der Waals surface area (Å²) in [6.07, 6.45) is 1.19. The lowest BCUT2D eigenvalue weighted by Gasteiger charge is -2.14. The number of rotatable bonds is 8. The normalized spacial score (nSPS) is 11.6. The van der Waals surface area contributed by atoms with E-state index in [0.29, 0.717) is 24.3 Å². The number of methoxy groups -OCH3 is 2. The molecule has 21 heavy (non-hydrogen) atoms. The predicted molar refractivity (Wildman–Crippen MR) is 77.7 cm³/mol. The van der Waals surface area contributed by atoms with Crippen molar-refractivity contribution in [1.29, 1.82) is 0 Å². The zero-order chi connectivity index (χ0) is 15.8. The number of carboxylic acid groups (broad SMARTS) is 1. The van der Waals surface area contributed by atoms with E-state index in [1.807, 2.05) is 6.92 Å². The van der Waals surface area contributed by atoms with E-state index in [1.54, 1.807) is 18.2 Å². The first-order valence-electron chi connectivity index (χ1n) is 6.74. The van der Waals surface area contributed by atoms with Gasteiger partial charge in [0.2, 0.25) is 5.91 Å². The number of hydrogen-bond acceptors (Lipinski definition) is 4. The van der Waals surface area contributed by atoms with Gasteiger partial charge in [0.1, 0.15) is 6.04 Å². The first kappa shape index (κ1) is 16.8. The topological polar surface area (TPSA) is 84.9 Å². The molecule has 1 amide bonds. The first-order chi connectivity index (χ1) is 10.0. The summed E-state index contributed by atoms with van der Waals surface area (Å²) in [5, 5.41) is 11.5. The van der Waals surface area contributed by atoms with Crippen LogP contribution in [0, 0.1) is 0 Å². The van der Waals surface area contributed by atoms with Crippen LogP contribution in [0.15, 0.2) is 18.2 Å². The maximum atomic E-state index is 11.9. The van der Waals surface area contributed by atoms with Crippen LogP contribution in [0.3, 0.4) is 0 Å². The summed E-state index contributed by atoms with van der Waals surface area (Å²) < 4.78 is 10.3. The smallest absolute Gasteiger partial charge is 0.326 e. The fourth-order valence-corrected chi connectivity index (χ4v) is 1.97. The largest absolute Gasteiger partial charge is 0.493 e. The quantitative estimate of drug-likeness (QED) is 0.761. The van der Waals surface area contributed by atoms with E-state index < -0.39 is 12.0 Å². The first-order valence-corrected chi connectivity index (χ1v) is 6.74. The van der Waals surface area contributed by atoms with Crippen LogP contribution >= 0.6 is 0 Å². The van der Waals surface area contributed by atoms with E-state index in [4.69, 9.17) is 14.6 Å². The van der Waals surface area contributed by atoms with Crippen molar-refractivity contribution in [3.05, 3.63) is 23.8 Å². The fraction of sp³-hybridized carbons (Fsp3) is 0.467. The zero-order valence-electron chi connectivity index (χ0n) is 12.5. The van der Waals surface area contributed by atoms with Crippen LogP contribution in [0.2, 0.25) is 0 Å². The lowest BCUT2D eigenvalue weighted by atomic mass is 10.1. The van der Waals surface area contributed by atoms with Gasteiger partial charge in [-0.2, -0.15) is 0 Å². The summed E-state index contributed by atoms with van der Waals surface area (Å²) in [6, 6.07) is 4.31. The molecule has 6 nitrogen and oxygen atoms in total. The number of benzene rings is 1. The van der Waals surface area contributed by atoms with E-state index in [2.05, 4.69) is 5.32 Å². The van der Waals surface area contributed by atoms with Crippen LogP contribution in [0.1, 0.15) is 25.3 Å². The third kappa shape index (κ3) is 4.98. The molecule has 1 aromatic carbocycles. The number of nitrogens with one attached hydrogen (secondary N) is 1. The van der Waals surface area contributed by atoms with Gasteiger partial charge in [-0.15, -0.1) is 0 Å². The number of hydrogen-bond donors (Lipinski definition) is 2. The number of carbonyl (C=O) groups is 2. The van der Waals surface area contributed by atoms with E-state index in [-0.39, 0.29) is 12.3 Å². The highest BCUT2D eigenvalue weighted by atomic mass is 16.5. The molecule has 0 spiro atoms.